The zero-order chi connectivity index (χ0) is 19.7. The van der Waals surface area contributed by atoms with Crippen LogP contribution in [-0.4, -0.2) is 28.9 Å². The van der Waals surface area contributed by atoms with E-state index in [0.717, 1.165) is 11.1 Å². The number of benzene rings is 1. The number of alkyl halides is 2. The molecular weight excluding hydrogens is 382 g/mol. The fourth-order valence-corrected chi connectivity index (χ4v) is 4.13. The zero-order valence-electron chi connectivity index (χ0n) is 15.0. The second-order valence-electron chi connectivity index (χ2n) is 7.05. The molecule has 0 unspecified atom stereocenters. The lowest BCUT2D eigenvalue weighted by atomic mass is 9.87. The third-order valence-electron chi connectivity index (χ3n) is 5.40. The molecule has 3 N–H and O–H groups in total. The van der Waals surface area contributed by atoms with Gasteiger partial charge in [0.25, 0.3) is 5.91 Å². The molecule has 2 atom stereocenters. The highest BCUT2D eigenvalue weighted by Gasteiger charge is 2.32. The van der Waals surface area contributed by atoms with Crippen molar-refractivity contribution in [2.24, 2.45) is 5.92 Å². The standard InChI is InChI=1S/C20H20F2N4OS/c21-19(22)12-5-7-23-15(9-12)14-4-2-1-3-13(14)10-26-16-6-8-24-18(16)20(27)25-17(26)11-28/h1-4,6,8,12,15,19,23-24H,5,7,9-10H2,(H,25,27)/t12-,15+/m1/s1. The molecule has 2 aromatic rings. The van der Waals surface area contributed by atoms with Gasteiger partial charge in [0.1, 0.15) is 5.69 Å². The molecule has 4 rings (SSSR count). The van der Waals surface area contributed by atoms with Crippen LogP contribution in [-0.2, 0) is 6.54 Å². The maximum Gasteiger partial charge on any atom is 0.275 e. The lowest BCUT2D eigenvalue weighted by Crippen LogP contribution is -2.41. The monoisotopic (exact) mass is 402 g/mol. The number of hydrogen-bond acceptors (Lipinski definition) is 4. The average Bonchev–Trinajstić information content (AvgIpc) is 3.21. The second kappa shape index (κ2) is 7.83. The van der Waals surface area contributed by atoms with Crippen molar-refractivity contribution in [2.45, 2.75) is 31.9 Å². The van der Waals surface area contributed by atoms with Gasteiger partial charge in [-0.25, -0.2) is 8.78 Å². The van der Waals surface area contributed by atoms with Gasteiger partial charge in [0, 0.05) is 18.2 Å². The van der Waals surface area contributed by atoms with Gasteiger partial charge in [0.05, 0.1) is 12.2 Å². The van der Waals surface area contributed by atoms with E-state index in [-0.39, 0.29) is 11.9 Å². The van der Waals surface area contributed by atoms with E-state index in [4.69, 9.17) is 12.2 Å². The number of nitrogens with one attached hydrogen (secondary N) is 3. The molecule has 5 nitrogen and oxygen atoms in total. The van der Waals surface area contributed by atoms with Crippen LogP contribution in [0, 0.1) is 5.92 Å². The topological polar surface area (TPSA) is 60.2 Å². The summed E-state index contributed by atoms with van der Waals surface area (Å²) in [6, 6.07) is 9.48. The van der Waals surface area contributed by atoms with E-state index in [0.29, 0.717) is 43.1 Å². The van der Waals surface area contributed by atoms with Crippen molar-refractivity contribution in [3.63, 3.8) is 0 Å². The highest BCUT2D eigenvalue weighted by Crippen LogP contribution is 2.34. The molecule has 2 aliphatic heterocycles. The number of H-pyrrole nitrogens is 1. The number of nitrogens with zero attached hydrogens (tertiary/aromatic N) is 1. The van der Waals surface area contributed by atoms with E-state index in [9.17, 15) is 13.6 Å². The molecule has 1 amide bonds. The molecule has 0 saturated carbocycles. The van der Waals surface area contributed by atoms with Crippen molar-refractivity contribution in [1.82, 2.24) is 15.6 Å². The lowest BCUT2D eigenvalue weighted by molar-refractivity contribution is 0.0500. The van der Waals surface area contributed by atoms with Gasteiger partial charge in [0.2, 0.25) is 6.43 Å². The molecule has 0 radical (unpaired) electrons. The quantitative estimate of drug-likeness (QED) is 0.685. The molecule has 1 aromatic carbocycles. The Kier molecular flexibility index (Phi) is 5.26. The molecule has 8 heteroatoms. The second-order valence-corrected chi connectivity index (χ2v) is 7.26. The van der Waals surface area contributed by atoms with Crippen LogP contribution < -0.4 is 15.5 Å². The van der Waals surface area contributed by atoms with E-state index in [2.05, 4.69) is 20.6 Å². The number of piperidine rings is 1. The predicted octanol–water partition coefficient (Wildman–Crippen LogP) is 3.51. The van der Waals surface area contributed by atoms with Crippen LogP contribution in [0.1, 0.15) is 40.5 Å². The SMILES string of the molecule is O=C1NC(=C=S)N(Cc2ccccc2[C@@H]2C[C@H](C(F)F)CCN2)c2cc[nH]c21. The Balaban J connectivity index is 1.65. The Bertz CT molecular complexity index is 938. The van der Waals surface area contributed by atoms with Gasteiger partial charge in [-0.2, -0.15) is 0 Å². The summed E-state index contributed by atoms with van der Waals surface area (Å²) in [7, 11) is 0. The number of anilines is 1. The van der Waals surface area contributed by atoms with Gasteiger partial charge in [0.15, 0.2) is 5.82 Å². The first kappa shape index (κ1) is 18.8. The largest absolute Gasteiger partial charge is 0.355 e. The number of halogens is 2. The first-order valence-corrected chi connectivity index (χ1v) is 9.60. The summed E-state index contributed by atoms with van der Waals surface area (Å²) in [6.45, 7) is 1.01. The highest BCUT2D eigenvalue weighted by molar-refractivity contribution is 7.78. The summed E-state index contributed by atoms with van der Waals surface area (Å²) in [4.78, 5) is 17.0. The Morgan fingerprint density at radius 2 is 2.11 bits per heavy atom. The van der Waals surface area contributed by atoms with Crippen molar-refractivity contribution >= 4 is 28.8 Å². The van der Waals surface area contributed by atoms with E-state index in [1.165, 1.54) is 0 Å². The molecule has 1 saturated heterocycles. The molecule has 146 valence electrons. The number of amides is 1. The minimum atomic E-state index is -2.30. The molecule has 3 heterocycles. The average molecular weight is 402 g/mol. The molecule has 1 fully saturated rings. The Labute approximate surface area is 166 Å². The number of carbonyl (C=O) groups is 1. The zero-order valence-corrected chi connectivity index (χ0v) is 15.9. The highest BCUT2D eigenvalue weighted by atomic mass is 32.1. The maximum absolute atomic E-state index is 13.2. The van der Waals surface area contributed by atoms with Crippen molar-refractivity contribution < 1.29 is 13.6 Å². The summed E-state index contributed by atoms with van der Waals surface area (Å²) in [5.41, 5.74) is 3.15. The van der Waals surface area contributed by atoms with Crippen molar-refractivity contribution in [2.75, 3.05) is 11.4 Å². The van der Waals surface area contributed by atoms with Gasteiger partial charge in [-0.05, 0) is 53.8 Å². The summed E-state index contributed by atoms with van der Waals surface area (Å²) >= 11 is 4.97. The summed E-state index contributed by atoms with van der Waals surface area (Å²) in [5, 5.41) is 8.74. The number of carbonyl (C=O) groups excluding carboxylic acids is 1. The number of thiocarbonyl (C=S) groups is 1. The fraction of sp³-hybridized carbons (Fsp3) is 0.350. The number of hydrogen-bond donors (Lipinski definition) is 3. The Morgan fingerprint density at radius 3 is 2.89 bits per heavy atom. The summed E-state index contributed by atoms with van der Waals surface area (Å²) in [5.74, 6) is -0.448. The number of fused-ring (bicyclic) bond motifs is 1. The van der Waals surface area contributed by atoms with Crippen LogP contribution in [0.2, 0.25) is 0 Å². The third-order valence-corrected chi connectivity index (χ3v) is 5.59. The van der Waals surface area contributed by atoms with Crippen molar-refractivity contribution in [3.8, 4) is 0 Å². The van der Waals surface area contributed by atoms with Gasteiger partial charge in [-0.15, -0.1) is 0 Å². The number of aromatic nitrogens is 1. The van der Waals surface area contributed by atoms with Crippen molar-refractivity contribution in [1.29, 1.82) is 0 Å². The fourth-order valence-electron chi connectivity index (χ4n) is 3.97. The predicted molar refractivity (Wildman–Crippen MR) is 106 cm³/mol. The van der Waals surface area contributed by atoms with E-state index in [1.807, 2.05) is 35.2 Å². The van der Waals surface area contributed by atoms with Crippen LogP contribution in [0.3, 0.4) is 0 Å². The molecule has 0 bridgehead atoms. The smallest absolute Gasteiger partial charge is 0.275 e. The van der Waals surface area contributed by atoms with Gasteiger partial charge in [-0.3, -0.25) is 10.1 Å². The van der Waals surface area contributed by atoms with Crippen LogP contribution in [0.5, 0.6) is 0 Å². The van der Waals surface area contributed by atoms with Crippen molar-refractivity contribution in [3.05, 3.63) is 59.2 Å². The molecule has 1 aromatic heterocycles. The number of rotatable bonds is 4. The molecular formula is C20H20F2N4OS. The van der Waals surface area contributed by atoms with Crippen LogP contribution in [0.4, 0.5) is 14.5 Å². The van der Waals surface area contributed by atoms with Crippen LogP contribution in [0.15, 0.2) is 42.3 Å². The van der Waals surface area contributed by atoms with E-state index < -0.39 is 12.3 Å². The molecule has 2 aliphatic rings. The minimum absolute atomic E-state index is 0.131. The first-order chi connectivity index (χ1) is 13.6. The normalized spacial score (nSPS) is 22.0. The van der Waals surface area contributed by atoms with E-state index >= 15 is 0 Å². The minimum Gasteiger partial charge on any atom is -0.355 e. The van der Waals surface area contributed by atoms with Gasteiger partial charge < -0.3 is 15.2 Å². The van der Waals surface area contributed by atoms with Gasteiger partial charge >= 0.3 is 0 Å². The number of aromatic amines is 1. The Morgan fingerprint density at radius 1 is 1.29 bits per heavy atom. The molecule has 0 spiro atoms. The summed E-state index contributed by atoms with van der Waals surface area (Å²) < 4.78 is 26.5. The first-order valence-electron chi connectivity index (χ1n) is 9.19. The van der Waals surface area contributed by atoms with Crippen LogP contribution in [0.25, 0.3) is 0 Å². The third kappa shape index (κ3) is 3.46. The molecule has 28 heavy (non-hydrogen) atoms. The maximum atomic E-state index is 13.2. The van der Waals surface area contributed by atoms with Crippen LogP contribution >= 0.6 is 12.2 Å². The lowest BCUT2D eigenvalue weighted by Gasteiger charge is -2.34. The van der Waals surface area contributed by atoms with Gasteiger partial charge in [-0.1, -0.05) is 24.3 Å². The summed E-state index contributed by atoms with van der Waals surface area (Å²) in [6.07, 6.45) is 0.280. The van der Waals surface area contributed by atoms with E-state index in [1.54, 1.807) is 6.20 Å². The Hall–Kier alpha value is -2.54. The molecule has 0 aliphatic carbocycles.